The van der Waals surface area contributed by atoms with Gasteiger partial charge in [0, 0.05) is 28.2 Å². The van der Waals surface area contributed by atoms with Crippen LogP contribution < -0.4 is 10.1 Å². The molecule has 0 radical (unpaired) electrons. The van der Waals surface area contributed by atoms with Gasteiger partial charge in [0.15, 0.2) is 0 Å². The third-order valence-electron chi connectivity index (χ3n) is 2.87. The maximum Gasteiger partial charge on any atom is 0.216 e. The van der Waals surface area contributed by atoms with E-state index in [0.717, 1.165) is 31.8 Å². The van der Waals surface area contributed by atoms with Crippen LogP contribution in [0.4, 0.5) is 5.69 Å². The first-order valence-corrected chi connectivity index (χ1v) is 7.37. The lowest BCUT2D eigenvalue weighted by Crippen LogP contribution is -2.03. The number of hydrogen-bond acceptors (Lipinski definition) is 3. The number of hydrogen-bond donors (Lipinski definition) is 1. The van der Waals surface area contributed by atoms with E-state index in [4.69, 9.17) is 4.74 Å². The standard InChI is InChI=1S/C13H15Br2N3O/c1-8-10(13(19-3)18(2)17-8)7-16-12-6-9(14)4-5-11(12)15/h4-6,16H,7H2,1-3H3. The molecule has 0 amide bonds. The van der Waals surface area contributed by atoms with Crippen molar-refractivity contribution in [2.24, 2.45) is 7.05 Å². The van der Waals surface area contributed by atoms with Crippen molar-refractivity contribution in [3.8, 4) is 5.88 Å². The van der Waals surface area contributed by atoms with Crippen LogP contribution in [0.3, 0.4) is 0 Å². The van der Waals surface area contributed by atoms with Gasteiger partial charge in [0.2, 0.25) is 5.88 Å². The number of methoxy groups -OCH3 is 1. The van der Waals surface area contributed by atoms with Crippen LogP contribution in [0, 0.1) is 6.92 Å². The van der Waals surface area contributed by atoms with E-state index in [9.17, 15) is 0 Å². The van der Waals surface area contributed by atoms with Crippen LogP contribution in [0.15, 0.2) is 27.1 Å². The van der Waals surface area contributed by atoms with Gasteiger partial charge in [-0.25, -0.2) is 4.68 Å². The van der Waals surface area contributed by atoms with Crippen LogP contribution in [0.25, 0.3) is 0 Å². The fourth-order valence-corrected chi connectivity index (χ4v) is 2.70. The van der Waals surface area contributed by atoms with Crippen LogP contribution >= 0.6 is 31.9 Å². The Morgan fingerprint density at radius 3 is 2.79 bits per heavy atom. The number of nitrogens with zero attached hydrogens (tertiary/aromatic N) is 2. The van der Waals surface area contributed by atoms with E-state index in [2.05, 4.69) is 42.3 Å². The van der Waals surface area contributed by atoms with Crippen molar-refractivity contribution in [2.75, 3.05) is 12.4 Å². The SMILES string of the molecule is COc1c(CNc2cc(Br)ccc2Br)c(C)nn1C. The quantitative estimate of drug-likeness (QED) is 0.863. The van der Waals surface area contributed by atoms with E-state index in [1.807, 2.05) is 32.2 Å². The number of halogens is 2. The van der Waals surface area contributed by atoms with E-state index in [0.29, 0.717) is 6.54 Å². The van der Waals surface area contributed by atoms with Gasteiger partial charge in [-0.05, 0) is 41.1 Å². The lowest BCUT2D eigenvalue weighted by Gasteiger charge is -2.10. The molecule has 1 aromatic heterocycles. The first-order valence-electron chi connectivity index (χ1n) is 5.78. The fraction of sp³-hybridized carbons (Fsp3) is 0.308. The smallest absolute Gasteiger partial charge is 0.216 e. The molecule has 4 nitrogen and oxygen atoms in total. The predicted octanol–water partition coefficient (Wildman–Crippen LogP) is 3.87. The summed E-state index contributed by atoms with van der Waals surface area (Å²) in [5.41, 5.74) is 3.06. The minimum atomic E-state index is 0.665. The van der Waals surface area contributed by atoms with Crippen molar-refractivity contribution in [3.63, 3.8) is 0 Å². The number of anilines is 1. The number of rotatable bonds is 4. The minimum Gasteiger partial charge on any atom is -0.481 e. The van der Waals surface area contributed by atoms with Crippen LogP contribution in [-0.4, -0.2) is 16.9 Å². The van der Waals surface area contributed by atoms with Crippen LogP contribution in [0.5, 0.6) is 5.88 Å². The molecule has 0 saturated carbocycles. The first kappa shape index (κ1) is 14.4. The van der Waals surface area contributed by atoms with Gasteiger partial charge in [-0.2, -0.15) is 5.10 Å². The third-order valence-corrected chi connectivity index (χ3v) is 4.05. The highest BCUT2D eigenvalue weighted by Gasteiger charge is 2.13. The van der Waals surface area contributed by atoms with E-state index in [1.165, 1.54) is 0 Å². The lowest BCUT2D eigenvalue weighted by molar-refractivity contribution is 0.370. The number of ether oxygens (including phenoxy) is 1. The second-order valence-electron chi connectivity index (χ2n) is 4.17. The Morgan fingerprint density at radius 2 is 2.11 bits per heavy atom. The summed E-state index contributed by atoms with van der Waals surface area (Å²) in [7, 11) is 3.54. The topological polar surface area (TPSA) is 39.1 Å². The van der Waals surface area contributed by atoms with Crippen molar-refractivity contribution >= 4 is 37.5 Å². The Morgan fingerprint density at radius 1 is 1.37 bits per heavy atom. The van der Waals surface area contributed by atoms with Gasteiger partial charge in [0.25, 0.3) is 0 Å². The molecule has 1 heterocycles. The first-order chi connectivity index (χ1) is 9.02. The second kappa shape index (κ2) is 5.96. The van der Waals surface area contributed by atoms with Crippen molar-refractivity contribution in [2.45, 2.75) is 13.5 Å². The summed E-state index contributed by atoms with van der Waals surface area (Å²) in [6, 6.07) is 6.02. The molecule has 0 aliphatic carbocycles. The second-order valence-corrected chi connectivity index (χ2v) is 5.94. The molecule has 1 N–H and O–H groups in total. The molecule has 0 atom stereocenters. The van der Waals surface area contributed by atoms with Crippen LogP contribution in [-0.2, 0) is 13.6 Å². The number of aryl methyl sites for hydroxylation is 2. The zero-order chi connectivity index (χ0) is 14.0. The average molecular weight is 389 g/mol. The van der Waals surface area contributed by atoms with Crippen molar-refractivity contribution in [3.05, 3.63) is 38.4 Å². The molecule has 0 bridgehead atoms. The Kier molecular flexibility index (Phi) is 4.52. The fourth-order valence-electron chi connectivity index (χ4n) is 1.96. The largest absolute Gasteiger partial charge is 0.481 e. The van der Waals surface area contributed by atoms with Gasteiger partial charge in [-0.1, -0.05) is 15.9 Å². The van der Waals surface area contributed by atoms with Crippen molar-refractivity contribution in [1.82, 2.24) is 9.78 Å². The highest BCUT2D eigenvalue weighted by Crippen LogP contribution is 2.28. The van der Waals surface area contributed by atoms with Crippen molar-refractivity contribution < 1.29 is 4.74 Å². The summed E-state index contributed by atoms with van der Waals surface area (Å²) in [5.74, 6) is 0.788. The van der Waals surface area contributed by atoms with E-state index in [-0.39, 0.29) is 0 Å². The maximum atomic E-state index is 5.38. The summed E-state index contributed by atoms with van der Waals surface area (Å²) < 4.78 is 9.19. The molecular weight excluding hydrogens is 374 g/mol. The predicted molar refractivity (Wildman–Crippen MR) is 83.7 cm³/mol. The van der Waals surface area contributed by atoms with Gasteiger partial charge >= 0.3 is 0 Å². The average Bonchev–Trinajstić information content (AvgIpc) is 2.64. The molecule has 0 fully saturated rings. The molecule has 1 aromatic carbocycles. The third kappa shape index (κ3) is 3.12. The number of nitrogens with one attached hydrogen (secondary N) is 1. The summed E-state index contributed by atoms with van der Waals surface area (Å²) >= 11 is 7.00. The summed E-state index contributed by atoms with van der Waals surface area (Å²) in [4.78, 5) is 0. The maximum absolute atomic E-state index is 5.38. The molecule has 0 aliphatic rings. The molecular formula is C13H15Br2N3O. The molecule has 0 saturated heterocycles. The lowest BCUT2D eigenvalue weighted by atomic mass is 10.2. The summed E-state index contributed by atoms with van der Waals surface area (Å²) in [5, 5.41) is 7.75. The number of aromatic nitrogens is 2. The molecule has 0 unspecified atom stereocenters. The van der Waals surface area contributed by atoms with Gasteiger partial charge < -0.3 is 10.1 Å². The van der Waals surface area contributed by atoms with Crippen LogP contribution in [0.1, 0.15) is 11.3 Å². The van der Waals surface area contributed by atoms with Crippen molar-refractivity contribution in [1.29, 1.82) is 0 Å². The monoisotopic (exact) mass is 387 g/mol. The zero-order valence-electron chi connectivity index (χ0n) is 11.0. The van der Waals surface area contributed by atoms with E-state index in [1.54, 1.807) is 11.8 Å². The molecule has 2 rings (SSSR count). The van der Waals surface area contributed by atoms with E-state index >= 15 is 0 Å². The Balaban J connectivity index is 2.21. The Bertz CT molecular complexity index is 596. The highest BCUT2D eigenvalue weighted by molar-refractivity contribution is 9.11. The summed E-state index contributed by atoms with van der Waals surface area (Å²) in [6.07, 6.45) is 0. The van der Waals surface area contributed by atoms with E-state index < -0.39 is 0 Å². The van der Waals surface area contributed by atoms with Gasteiger partial charge in [-0.3, -0.25) is 0 Å². The number of benzene rings is 1. The van der Waals surface area contributed by atoms with Gasteiger partial charge in [0.05, 0.1) is 18.4 Å². The molecule has 6 heteroatoms. The highest BCUT2D eigenvalue weighted by atomic mass is 79.9. The molecule has 19 heavy (non-hydrogen) atoms. The van der Waals surface area contributed by atoms with Gasteiger partial charge in [-0.15, -0.1) is 0 Å². The molecule has 102 valence electrons. The van der Waals surface area contributed by atoms with Crippen LogP contribution in [0.2, 0.25) is 0 Å². The molecule has 0 aliphatic heterocycles. The normalized spacial score (nSPS) is 10.6. The zero-order valence-corrected chi connectivity index (χ0v) is 14.2. The van der Waals surface area contributed by atoms with Gasteiger partial charge in [0.1, 0.15) is 0 Å². The minimum absolute atomic E-state index is 0.665. The Labute approximate surface area is 129 Å². The summed E-state index contributed by atoms with van der Waals surface area (Å²) in [6.45, 7) is 2.65. The molecule has 2 aromatic rings. The Hall–Kier alpha value is -1.01. The molecule has 0 spiro atoms.